The first kappa shape index (κ1) is 11.6. The highest BCUT2D eigenvalue weighted by molar-refractivity contribution is 5.17. The molecule has 1 aliphatic heterocycles. The first-order valence-corrected chi connectivity index (χ1v) is 6.25. The van der Waals surface area contributed by atoms with E-state index in [1.54, 1.807) is 0 Å². The van der Waals surface area contributed by atoms with Crippen molar-refractivity contribution < 1.29 is 5.11 Å². The Morgan fingerprint density at radius 2 is 2.06 bits per heavy atom. The highest BCUT2D eigenvalue weighted by atomic mass is 16.3. The summed E-state index contributed by atoms with van der Waals surface area (Å²) < 4.78 is 0. The van der Waals surface area contributed by atoms with Crippen molar-refractivity contribution in [3.8, 4) is 0 Å². The van der Waals surface area contributed by atoms with Gasteiger partial charge < -0.3 is 10.4 Å². The standard InChI is InChI=1S/C14H21NO/c1-11-6-5-9-13(15-11)10-14(16)12-7-3-2-4-8-12/h2-4,7-8,11,13-16H,5-6,9-10H2,1H3/t11-,13+,14-/m1/s1. The van der Waals surface area contributed by atoms with Gasteiger partial charge in [0.15, 0.2) is 0 Å². The van der Waals surface area contributed by atoms with E-state index in [0.717, 1.165) is 12.0 Å². The van der Waals surface area contributed by atoms with Crippen LogP contribution in [0.3, 0.4) is 0 Å². The highest BCUT2D eigenvalue weighted by Crippen LogP contribution is 2.23. The minimum absolute atomic E-state index is 0.330. The maximum absolute atomic E-state index is 10.1. The average molecular weight is 219 g/mol. The van der Waals surface area contributed by atoms with Gasteiger partial charge in [0.1, 0.15) is 0 Å². The Bertz CT molecular complexity index is 312. The van der Waals surface area contributed by atoms with Gasteiger partial charge in [0.05, 0.1) is 6.10 Å². The zero-order chi connectivity index (χ0) is 11.4. The summed E-state index contributed by atoms with van der Waals surface area (Å²) in [5, 5.41) is 13.7. The molecule has 0 radical (unpaired) electrons. The zero-order valence-corrected chi connectivity index (χ0v) is 9.89. The second-order valence-corrected chi connectivity index (χ2v) is 4.86. The molecular weight excluding hydrogens is 198 g/mol. The summed E-state index contributed by atoms with van der Waals surface area (Å²) in [6, 6.07) is 11.0. The fourth-order valence-corrected chi connectivity index (χ4v) is 2.51. The molecule has 0 bridgehead atoms. The van der Waals surface area contributed by atoms with Crippen molar-refractivity contribution in [2.45, 2.75) is 50.8 Å². The van der Waals surface area contributed by atoms with Crippen LogP contribution in [0.4, 0.5) is 0 Å². The van der Waals surface area contributed by atoms with Crippen LogP contribution in [0.25, 0.3) is 0 Å². The lowest BCUT2D eigenvalue weighted by Gasteiger charge is -2.30. The van der Waals surface area contributed by atoms with Crippen LogP contribution in [0.1, 0.15) is 44.3 Å². The van der Waals surface area contributed by atoms with Crippen molar-refractivity contribution in [3.63, 3.8) is 0 Å². The van der Waals surface area contributed by atoms with E-state index in [0.29, 0.717) is 12.1 Å². The number of aliphatic hydroxyl groups is 1. The smallest absolute Gasteiger partial charge is 0.0804 e. The maximum Gasteiger partial charge on any atom is 0.0804 e. The van der Waals surface area contributed by atoms with Crippen LogP contribution < -0.4 is 5.32 Å². The molecule has 1 aliphatic rings. The van der Waals surface area contributed by atoms with E-state index in [-0.39, 0.29) is 6.10 Å². The van der Waals surface area contributed by atoms with Crippen LogP contribution in [0, 0.1) is 0 Å². The van der Waals surface area contributed by atoms with E-state index in [1.165, 1.54) is 19.3 Å². The van der Waals surface area contributed by atoms with Crippen molar-refractivity contribution in [1.82, 2.24) is 5.32 Å². The van der Waals surface area contributed by atoms with Crippen LogP contribution in [0.2, 0.25) is 0 Å². The minimum Gasteiger partial charge on any atom is -0.388 e. The van der Waals surface area contributed by atoms with Gasteiger partial charge in [0, 0.05) is 12.1 Å². The monoisotopic (exact) mass is 219 g/mol. The molecule has 88 valence electrons. The van der Waals surface area contributed by atoms with Crippen LogP contribution in [0.15, 0.2) is 30.3 Å². The lowest BCUT2D eigenvalue weighted by atomic mass is 9.93. The van der Waals surface area contributed by atoms with Gasteiger partial charge in [-0.15, -0.1) is 0 Å². The van der Waals surface area contributed by atoms with Gasteiger partial charge in [0.2, 0.25) is 0 Å². The molecule has 16 heavy (non-hydrogen) atoms. The maximum atomic E-state index is 10.1. The molecule has 2 N–H and O–H groups in total. The lowest BCUT2D eigenvalue weighted by Crippen LogP contribution is -2.41. The van der Waals surface area contributed by atoms with Gasteiger partial charge in [-0.1, -0.05) is 36.8 Å². The van der Waals surface area contributed by atoms with Crippen LogP contribution in [-0.4, -0.2) is 17.2 Å². The number of rotatable bonds is 3. The Morgan fingerprint density at radius 1 is 1.31 bits per heavy atom. The van der Waals surface area contributed by atoms with Crippen LogP contribution >= 0.6 is 0 Å². The third-order valence-corrected chi connectivity index (χ3v) is 3.40. The van der Waals surface area contributed by atoms with Gasteiger partial charge in [-0.05, 0) is 31.7 Å². The fourth-order valence-electron chi connectivity index (χ4n) is 2.51. The SMILES string of the molecule is C[C@@H]1CCC[C@@H](C[C@@H](O)c2ccccc2)N1. The van der Waals surface area contributed by atoms with Crippen LogP contribution in [0.5, 0.6) is 0 Å². The average Bonchev–Trinajstić information content (AvgIpc) is 2.30. The van der Waals surface area contributed by atoms with E-state index >= 15 is 0 Å². The van der Waals surface area contributed by atoms with Crippen molar-refractivity contribution in [2.24, 2.45) is 0 Å². The third kappa shape index (κ3) is 3.06. The molecule has 0 aromatic heterocycles. The molecule has 0 aliphatic carbocycles. The quantitative estimate of drug-likeness (QED) is 0.819. The second kappa shape index (κ2) is 5.46. The fraction of sp³-hybridized carbons (Fsp3) is 0.571. The van der Waals surface area contributed by atoms with E-state index in [2.05, 4.69) is 12.2 Å². The molecule has 1 fully saturated rings. The van der Waals surface area contributed by atoms with Gasteiger partial charge in [-0.2, -0.15) is 0 Å². The molecule has 1 heterocycles. The number of nitrogens with one attached hydrogen (secondary N) is 1. The van der Waals surface area contributed by atoms with Crippen molar-refractivity contribution in [3.05, 3.63) is 35.9 Å². The minimum atomic E-state index is -0.330. The number of hydrogen-bond acceptors (Lipinski definition) is 2. The number of hydrogen-bond donors (Lipinski definition) is 2. The number of aliphatic hydroxyl groups excluding tert-OH is 1. The van der Waals surface area contributed by atoms with Crippen LogP contribution in [-0.2, 0) is 0 Å². The first-order valence-electron chi connectivity index (χ1n) is 6.25. The predicted octanol–water partition coefficient (Wildman–Crippen LogP) is 2.64. The molecule has 2 nitrogen and oxygen atoms in total. The summed E-state index contributed by atoms with van der Waals surface area (Å²) in [5.74, 6) is 0. The third-order valence-electron chi connectivity index (χ3n) is 3.40. The zero-order valence-electron chi connectivity index (χ0n) is 9.89. The largest absolute Gasteiger partial charge is 0.388 e. The molecule has 0 spiro atoms. The van der Waals surface area contributed by atoms with E-state index in [1.807, 2.05) is 30.3 Å². The molecule has 1 saturated heterocycles. The molecule has 0 saturated carbocycles. The molecule has 3 atom stereocenters. The Balaban J connectivity index is 1.89. The summed E-state index contributed by atoms with van der Waals surface area (Å²) in [4.78, 5) is 0. The van der Waals surface area contributed by atoms with E-state index < -0.39 is 0 Å². The molecular formula is C14H21NO. The number of piperidine rings is 1. The lowest BCUT2D eigenvalue weighted by molar-refractivity contribution is 0.139. The summed E-state index contributed by atoms with van der Waals surface area (Å²) in [5.41, 5.74) is 1.03. The van der Waals surface area contributed by atoms with Gasteiger partial charge >= 0.3 is 0 Å². The summed E-state index contributed by atoms with van der Waals surface area (Å²) in [6.45, 7) is 2.22. The predicted molar refractivity (Wildman–Crippen MR) is 66.3 cm³/mol. The Morgan fingerprint density at radius 3 is 2.75 bits per heavy atom. The number of benzene rings is 1. The van der Waals surface area contributed by atoms with Crippen molar-refractivity contribution >= 4 is 0 Å². The summed E-state index contributed by atoms with van der Waals surface area (Å²) in [7, 11) is 0. The Labute approximate surface area is 97.7 Å². The van der Waals surface area contributed by atoms with Crippen molar-refractivity contribution in [2.75, 3.05) is 0 Å². The van der Waals surface area contributed by atoms with E-state index in [4.69, 9.17) is 0 Å². The first-order chi connectivity index (χ1) is 7.75. The molecule has 1 aromatic carbocycles. The van der Waals surface area contributed by atoms with Gasteiger partial charge in [-0.3, -0.25) is 0 Å². The molecule has 0 unspecified atom stereocenters. The summed E-state index contributed by atoms with van der Waals surface area (Å²) in [6.07, 6.45) is 4.23. The second-order valence-electron chi connectivity index (χ2n) is 4.86. The Hall–Kier alpha value is -0.860. The summed E-state index contributed by atoms with van der Waals surface area (Å²) >= 11 is 0. The molecule has 0 amide bonds. The van der Waals surface area contributed by atoms with Gasteiger partial charge in [-0.25, -0.2) is 0 Å². The van der Waals surface area contributed by atoms with E-state index in [9.17, 15) is 5.11 Å². The van der Waals surface area contributed by atoms with Gasteiger partial charge in [0.25, 0.3) is 0 Å². The normalized spacial score (nSPS) is 27.6. The van der Waals surface area contributed by atoms with Crippen molar-refractivity contribution in [1.29, 1.82) is 0 Å². The topological polar surface area (TPSA) is 32.3 Å². The molecule has 2 heteroatoms. The molecule has 2 rings (SSSR count). The Kier molecular flexibility index (Phi) is 3.97. The highest BCUT2D eigenvalue weighted by Gasteiger charge is 2.20. The molecule has 1 aromatic rings.